The highest BCUT2D eigenvalue weighted by Crippen LogP contribution is 2.45. The Bertz CT molecular complexity index is 1100. The number of carbonyl (C=O) groups is 3. The van der Waals surface area contributed by atoms with Crippen molar-refractivity contribution in [3.8, 4) is 11.1 Å². The molecule has 0 bridgehead atoms. The van der Waals surface area contributed by atoms with Gasteiger partial charge in [-0.05, 0) is 54.9 Å². The SMILES string of the molecule is CC1(C(=O)O)CCCN(C(=O)CC2(NC(=O)OCC3c4ccccc4-c4ccccc43)CC2)C1. The zero-order valence-electron chi connectivity index (χ0n) is 19.4. The molecular weight excluding hydrogens is 432 g/mol. The first-order chi connectivity index (χ1) is 16.3. The number of alkyl carbamates (subject to hydrolysis) is 1. The lowest BCUT2D eigenvalue weighted by Gasteiger charge is -2.38. The average molecular weight is 463 g/mol. The number of rotatable bonds is 6. The van der Waals surface area contributed by atoms with E-state index in [1.807, 2.05) is 24.3 Å². The number of hydrogen-bond donors (Lipinski definition) is 2. The molecule has 1 aliphatic heterocycles. The normalized spacial score (nSPS) is 22.4. The van der Waals surface area contributed by atoms with E-state index in [2.05, 4.69) is 29.6 Å². The van der Waals surface area contributed by atoms with E-state index < -0.39 is 23.0 Å². The van der Waals surface area contributed by atoms with Crippen LogP contribution in [0.5, 0.6) is 0 Å². The van der Waals surface area contributed by atoms with Crippen LogP contribution in [0.25, 0.3) is 11.1 Å². The Hall–Kier alpha value is -3.35. The summed E-state index contributed by atoms with van der Waals surface area (Å²) in [4.78, 5) is 38.9. The van der Waals surface area contributed by atoms with Gasteiger partial charge in [0, 0.05) is 19.0 Å². The van der Waals surface area contributed by atoms with Gasteiger partial charge in [-0.1, -0.05) is 48.5 Å². The number of ether oxygens (including phenoxy) is 1. The third-order valence-electron chi connectivity index (χ3n) is 7.62. The van der Waals surface area contributed by atoms with Crippen LogP contribution in [0.1, 0.15) is 56.1 Å². The zero-order chi connectivity index (χ0) is 23.9. The van der Waals surface area contributed by atoms with Gasteiger partial charge >= 0.3 is 12.1 Å². The molecule has 7 nitrogen and oxygen atoms in total. The highest BCUT2D eigenvalue weighted by atomic mass is 16.5. The lowest BCUT2D eigenvalue weighted by molar-refractivity contribution is -0.153. The van der Waals surface area contributed by atoms with E-state index >= 15 is 0 Å². The van der Waals surface area contributed by atoms with Gasteiger partial charge in [-0.2, -0.15) is 0 Å². The molecule has 1 atom stereocenters. The summed E-state index contributed by atoms with van der Waals surface area (Å²) in [5, 5.41) is 12.4. The van der Waals surface area contributed by atoms with Gasteiger partial charge in [0.2, 0.25) is 5.91 Å². The van der Waals surface area contributed by atoms with Gasteiger partial charge < -0.3 is 20.1 Å². The molecule has 0 radical (unpaired) electrons. The molecule has 0 aromatic heterocycles. The number of benzene rings is 2. The number of carboxylic acid groups (broad SMARTS) is 1. The number of aliphatic carboxylic acids is 1. The monoisotopic (exact) mass is 462 g/mol. The van der Waals surface area contributed by atoms with Crippen molar-refractivity contribution in [2.75, 3.05) is 19.7 Å². The minimum absolute atomic E-state index is 0.0167. The molecule has 2 amide bonds. The first-order valence-electron chi connectivity index (χ1n) is 11.9. The first kappa shape index (κ1) is 22.4. The third-order valence-corrected chi connectivity index (χ3v) is 7.62. The largest absolute Gasteiger partial charge is 0.481 e. The Morgan fingerprint density at radius 3 is 2.24 bits per heavy atom. The van der Waals surface area contributed by atoms with Crippen molar-refractivity contribution in [2.45, 2.75) is 50.5 Å². The molecule has 5 rings (SSSR count). The number of fused-ring (bicyclic) bond motifs is 3. The fourth-order valence-electron chi connectivity index (χ4n) is 5.38. The Kier molecular flexibility index (Phi) is 5.58. The zero-order valence-corrected chi connectivity index (χ0v) is 19.4. The molecule has 2 fully saturated rings. The fraction of sp³-hybridized carbons (Fsp3) is 0.444. The van der Waals surface area contributed by atoms with E-state index in [1.165, 1.54) is 11.1 Å². The van der Waals surface area contributed by atoms with Crippen LogP contribution in [0.15, 0.2) is 48.5 Å². The lowest BCUT2D eigenvalue weighted by Crippen LogP contribution is -2.50. The summed E-state index contributed by atoms with van der Waals surface area (Å²) in [6.07, 6.45) is 2.32. The van der Waals surface area contributed by atoms with Crippen LogP contribution in [-0.4, -0.2) is 53.2 Å². The second-order valence-electron chi connectivity index (χ2n) is 10.2. The molecule has 3 aliphatic rings. The minimum atomic E-state index is -0.912. The van der Waals surface area contributed by atoms with Crippen LogP contribution in [-0.2, 0) is 14.3 Å². The highest BCUT2D eigenvalue weighted by molar-refractivity contribution is 5.82. The van der Waals surface area contributed by atoms with Crippen LogP contribution >= 0.6 is 0 Å². The molecule has 0 spiro atoms. The summed E-state index contributed by atoms with van der Waals surface area (Å²) >= 11 is 0. The van der Waals surface area contributed by atoms with Gasteiger partial charge in [0.05, 0.1) is 17.4 Å². The summed E-state index contributed by atoms with van der Waals surface area (Å²) in [6.45, 7) is 2.69. The van der Waals surface area contributed by atoms with Crippen molar-refractivity contribution in [1.29, 1.82) is 0 Å². The van der Waals surface area contributed by atoms with Gasteiger partial charge in [0.1, 0.15) is 6.61 Å². The molecule has 2 aromatic carbocycles. The number of hydrogen-bond acceptors (Lipinski definition) is 4. The summed E-state index contributed by atoms with van der Waals surface area (Å²) in [5.74, 6) is -0.997. The molecule has 2 aliphatic carbocycles. The van der Waals surface area contributed by atoms with Crippen molar-refractivity contribution in [2.24, 2.45) is 5.41 Å². The second-order valence-corrected chi connectivity index (χ2v) is 10.2. The van der Waals surface area contributed by atoms with Crippen molar-refractivity contribution in [1.82, 2.24) is 10.2 Å². The molecule has 1 saturated heterocycles. The Morgan fingerprint density at radius 1 is 1.03 bits per heavy atom. The highest BCUT2D eigenvalue weighted by Gasteiger charge is 2.48. The summed E-state index contributed by atoms with van der Waals surface area (Å²) in [7, 11) is 0. The maximum atomic E-state index is 12.9. The smallest absolute Gasteiger partial charge is 0.407 e. The van der Waals surface area contributed by atoms with E-state index in [0.717, 1.165) is 11.1 Å². The lowest BCUT2D eigenvalue weighted by atomic mass is 9.82. The van der Waals surface area contributed by atoms with Crippen LogP contribution < -0.4 is 5.32 Å². The van der Waals surface area contributed by atoms with Gasteiger partial charge in [-0.3, -0.25) is 9.59 Å². The number of carboxylic acids is 1. The molecule has 34 heavy (non-hydrogen) atoms. The van der Waals surface area contributed by atoms with E-state index in [0.29, 0.717) is 32.2 Å². The number of likely N-dealkylation sites (tertiary alicyclic amines) is 1. The fourth-order valence-corrected chi connectivity index (χ4v) is 5.38. The quantitative estimate of drug-likeness (QED) is 0.672. The van der Waals surface area contributed by atoms with Crippen molar-refractivity contribution in [3.05, 3.63) is 59.7 Å². The number of amides is 2. The minimum Gasteiger partial charge on any atom is -0.481 e. The average Bonchev–Trinajstić information content (AvgIpc) is 3.49. The van der Waals surface area contributed by atoms with E-state index in [9.17, 15) is 19.5 Å². The van der Waals surface area contributed by atoms with Gasteiger partial charge in [-0.25, -0.2) is 4.79 Å². The number of nitrogens with one attached hydrogen (secondary N) is 1. The molecule has 1 heterocycles. The van der Waals surface area contributed by atoms with E-state index in [1.54, 1.807) is 11.8 Å². The van der Waals surface area contributed by atoms with Gasteiger partial charge in [-0.15, -0.1) is 0 Å². The number of nitrogens with zero attached hydrogens (tertiary/aromatic N) is 1. The Morgan fingerprint density at radius 2 is 1.65 bits per heavy atom. The molecule has 7 heteroatoms. The molecule has 2 N–H and O–H groups in total. The maximum Gasteiger partial charge on any atom is 0.407 e. The van der Waals surface area contributed by atoms with Gasteiger partial charge in [0.15, 0.2) is 0 Å². The third kappa shape index (κ3) is 4.15. The van der Waals surface area contributed by atoms with Crippen molar-refractivity contribution >= 4 is 18.0 Å². The second kappa shape index (κ2) is 8.46. The molecular formula is C27H30N2O5. The predicted molar refractivity (Wildman–Crippen MR) is 126 cm³/mol. The number of carbonyl (C=O) groups excluding carboxylic acids is 2. The van der Waals surface area contributed by atoms with Gasteiger partial charge in [0.25, 0.3) is 0 Å². The first-order valence-corrected chi connectivity index (χ1v) is 11.9. The van der Waals surface area contributed by atoms with Crippen molar-refractivity contribution in [3.63, 3.8) is 0 Å². The standard InChI is InChI=1S/C27H30N2O5/c1-26(24(31)32)11-6-14-29(17-26)23(30)15-27(12-13-27)28-25(33)34-16-22-20-9-4-2-7-18(20)19-8-3-5-10-21(19)22/h2-5,7-10,22H,6,11-17H2,1H3,(H,28,33)(H,31,32). The molecule has 1 unspecified atom stereocenters. The topological polar surface area (TPSA) is 95.9 Å². The van der Waals surface area contributed by atoms with Crippen LogP contribution in [0.2, 0.25) is 0 Å². The molecule has 178 valence electrons. The predicted octanol–water partition coefficient (Wildman–Crippen LogP) is 4.16. The summed E-state index contributed by atoms with van der Waals surface area (Å²) in [6, 6.07) is 16.4. The van der Waals surface area contributed by atoms with Crippen molar-refractivity contribution < 1.29 is 24.2 Å². The summed E-state index contributed by atoms with van der Waals surface area (Å²) < 4.78 is 5.65. The Balaban J connectivity index is 1.19. The summed E-state index contributed by atoms with van der Waals surface area (Å²) in [5.41, 5.74) is 3.15. The van der Waals surface area contributed by atoms with E-state index in [-0.39, 0.29) is 31.4 Å². The molecule has 2 aromatic rings. The molecule has 1 saturated carbocycles. The maximum absolute atomic E-state index is 12.9. The van der Waals surface area contributed by atoms with Crippen LogP contribution in [0.3, 0.4) is 0 Å². The Labute approximate surface area is 199 Å². The van der Waals surface area contributed by atoms with Crippen LogP contribution in [0, 0.1) is 5.41 Å². The number of piperidine rings is 1. The van der Waals surface area contributed by atoms with Crippen LogP contribution in [0.4, 0.5) is 4.79 Å². The van der Waals surface area contributed by atoms with E-state index in [4.69, 9.17) is 4.74 Å².